The van der Waals surface area contributed by atoms with Gasteiger partial charge in [-0.1, -0.05) is 36.4 Å². The average molecular weight is 350 g/mol. The Bertz CT molecular complexity index is 821. The lowest BCUT2D eigenvalue weighted by Crippen LogP contribution is -2.30. The second kappa shape index (κ2) is 9.28. The SMILES string of the molecule is COc1cc(/C=C(/C#N)C(=O)NC(C)C)ccc1OCc1ccccc1. The zero-order valence-electron chi connectivity index (χ0n) is 15.2. The average Bonchev–Trinajstić information content (AvgIpc) is 2.64. The van der Waals surface area contributed by atoms with Crippen LogP contribution in [0.5, 0.6) is 11.5 Å². The van der Waals surface area contributed by atoms with Crippen LogP contribution in [0.15, 0.2) is 54.1 Å². The highest BCUT2D eigenvalue weighted by Crippen LogP contribution is 2.29. The number of carbonyl (C=O) groups excluding carboxylic acids is 1. The first-order valence-corrected chi connectivity index (χ1v) is 8.31. The molecule has 2 aromatic carbocycles. The summed E-state index contributed by atoms with van der Waals surface area (Å²) in [6.07, 6.45) is 1.53. The lowest BCUT2D eigenvalue weighted by Gasteiger charge is -2.12. The second-order valence-electron chi connectivity index (χ2n) is 5.98. The summed E-state index contributed by atoms with van der Waals surface area (Å²) in [6.45, 7) is 4.11. The first-order chi connectivity index (χ1) is 12.5. The Morgan fingerprint density at radius 1 is 1.19 bits per heavy atom. The van der Waals surface area contributed by atoms with Crippen molar-refractivity contribution in [2.45, 2.75) is 26.5 Å². The number of benzene rings is 2. The van der Waals surface area contributed by atoms with Gasteiger partial charge in [0.1, 0.15) is 18.2 Å². The van der Waals surface area contributed by atoms with Crippen molar-refractivity contribution in [2.75, 3.05) is 7.11 Å². The molecule has 0 saturated heterocycles. The predicted octanol–water partition coefficient (Wildman–Crippen LogP) is 3.71. The van der Waals surface area contributed by atoms with Gasteiger partial charge < -0.3 is 14.8 Å². The minimum atomic E-state index is -0.397. The van der Waals surface area contributed by atoms with Crippen LogP contribution in [-0.4, -0.2) is 19.1 Å². The highest BCUT2D eigenvalue weighted by molar-refractivity contribution is 6.01. The fourth-order valence-corrected chi connectivity index (χ4v) is 2.28. The summed E-state index contributed by atoms with van der Waals surface area (Å²) < 4.78 is 11.2. The summed E-state index contributed by atoms with van der Waals surface area (Å²) in [6, 6.07) is 17.0. The Balaban J connectivity index is 2.18. The van der Waals surface area contributed by atoms with Crippen molar-refractivity contribution in [1.29, 1.82) is 5.26 Å². The molecular weight excluding hydrogens is 328 g/mol. The van der Waals surface area contributed by atoms with E-state index in [1.54, 1.807) is 25.3 Å². The number of ether oxygens (including phenoxy) is 2. The van der Waals surface area contributed by atoms with Gasteiger partial charge in [-0.2, -0.15) is 5.26 Å². The molecule has 0 aliphatic heterocycles. The van der Waals surface area contributed by atoms with E-state index in [2.05, 4.69) is 5.32 Å². The van der Waals surface area contributed by atoms with Gasteiger partial charge in [-0.05, 0) is 43.2 Å². The molecular formula is C21H22N2O3. The van der Waals surface area contributed by atoms with Crippen LogP contribution in [0.4, 0.5) is 0 Å². The van der Waals surface area contributed by atoms with Gasteiger partial charge in [0.15, 0.2) is 11.5 Å². The number of amides is 1. The summed E-state index contributed by atoms with van der Waals surface area (Å²) in [7, 11) is 1.55. The molecule has 134 valence electrons. The minimum Gasteiger partial charge on any atom is -0.493 e. The van der Waals surface area contributed by atoms with Gasteiger partial charge in [-0.3, -0.25) is 4.79 Å². The third-order valence-corrected chi connectivity index (χ3v) is 3.52. The highest BCUT2D eigenvalue weighted by Gasteiger charge is 2.11. The van der Waals surface area contributed by atoms with Crippen LogP contribution in [0.2, 0.25) is 0 Å². The maximum Gasteiger partial charge on any atom is 0.262 e. The zero-order chi connectivity index (χ0) is 18.9. The number of carbonyl (C=O) groups is 1. The molecule has 0 fully saturated rings. The monoisotopic (exact) mass is 350 g/mol. The van der Waals surface area contributed by atoms with Crippen LogP contribution in [0.3, 0.4) is 0 Å². The van der Waals surface area contributed by atoms with Gasteiger partial charge in [0.05, 0.1) is 7.11 Å². The van der Waals surface area contributed by atoms with E-state index in [4.69, 9.17) is 9.47 Å². The van der Waals surface area contributed by atoms with E-state index >= 15 is 0 Å². The van der Waals surface area contributed by atoms with Gasteiger partial charge in [0.2, 0.25) is 0 Å². The van der Waals surface area contributed by atoms with Gasteiger partial charge in [-0.25, -0.2) is 0 Å². The molecule has 5 nitrogen and oxygen atoms in total. The molecule has 0 heterocycles. The van der Waals surface area contributed by atoms with Crippen LogP contribution in [-0.2, 0) is 11.4 Å². The van der Waals surface area contributed by atoms with E-state index in [1.807, 2.05) is 50.2 Å². The Morgan fingerprint density at radius 3 is 2.54 bits per heavy atom. The summed E-state index contributed by atoms with van der Waals surface area (Å²) in [4.78, 5) is 12.0. The third kappa shape index (κ3) is 5.38. The third-order valence-electron chi connectivity index (χ3n) is 3.52. The summed E-state index contributed by atoms with van der Waals surface area (Å²) in [5, 5.41) is 11.9. The van der Waals surface area contributed by atoms with E-state index < -0.39 is 5.91 Å². The Kier molecular flexibility index (Phi) is 6.81. The van der Waals surface area contributed by atoms with Crippen molar-refractivity contribution in [3.63, 3.8) is 0 Å². The number of nitriles is 1. The molecule has 0 radical (unpaired) electrons. The molecule has 2 rings (SSSR count). The quantitative estimate of drug-likeness (QED) is 0.610. The van der Waals surface area contributed by atoms with Gasteiger partial charge in [0.25, 0.3) is 5.91 Å². The molecule has 0 aromatic heterocycles. The molecule has 26 heavy (non-hydrogen) atoms. The summed E-state index contributed by atoms with van der Waals surface area (Å²) in [5.41, 5.74) is 1.78. The van der Waals surface area contributed by atoms with Crippen molar-refractivity contribution >= 4 is 12.0 Å². The van der Waals surface area contributed by atoms with E-state index in [-0.39, 0.29) is 11.6 Å². The van der Waals surface area contributed by atoms with Crippen LogP contribution < -0.4 is 14.8 Å². The molecule has 0 bridgehead atoms. The van der Waals surface area contributed by atoms with Gasteiger partial charge in [0, 0.05) is 6.04 Å². The normalized spacial score (nSPS) is 11.0. The van der Waals surface area contributed by atoms with Crippen molar-refractivity contribution in [3.05, 3.63) is 65.2 Å². The van der Waals surface area contributed by atoms with Crippen molar-refractivity contribution in [2.24, 2.45) is 0 Å². The fourth-order valence-electron chi connectivity index (χ4n) is 2.28. The molecule has 0 unspecified atom stereocenters. The first-order valence-electron chi connectivity index (χ1n) is 8.31. The number of nitrogens with zero attached hydrogens (tertiary/aromatic N) is 1. The molecule has 2 aromatic rings. The molecule has 5 heteroatoms. The Morgan fingerprint density at radius 2 is 1.92 bits per heavy atom. The highest BCUT2D eigenvalue weighted by atomic mass is 16.5. The Hall–Kier alpha value is -3.26. The number of methoxy groups -OCH3 is 1. The van der Waals surface area contributed by atoms with Gasteiger partial charge in [-0.15, -0.1) is 0 Å². The Labute approximate surface area is 153 Å². The maximum absolute atomic E-state index is 12.0. The van der Waals surface area contributed by atoms with Crippen LogP contribution in [0.25, 0.3) is 6.08 Å². The minimum absolute atomic E-state index is 0.0393. The first kappa shape index (κ1) is 19.1. The zero-order valence-corrected chi connectivity index (χ0v) is 15.2. The molecule has 0 atom stereocenters. The second-order valence-corrected chi connectivity index (χ2v) is 5.98. The molecule has 0 spiro atoms. The topological polar surface area (TPSA) is 71.3 Å². The van der Waals surface area contributed by atoms with E-state index in [0.717, 1.165) is 5.56 Å². The smallest absolute Gasteiger partial charge is 0.262 e. The number of hydrogen-bond donors (Lipinski definition) is 1. The standard InChI is InChI=1S/C21H22N2O3/c1-15(2)23-21(24)18(13-22)11-17-9-10-19(20(12-17)25-3)26-14-16-7-5-4-6-8-16/h4-12,15H,14H2,1-3H3,(H,23,24)/b18-11-. The summed E-state index contributed by atoms with van der Waals surface area (Å²) in [5.74, 6) is 0.737. The predicted molar refractivity (Wildman–Crippen MR) is 101 cm³/mol. The van der Waals surface area contributed by atoms with E-state index in [9.17, 15) is 10.1 Å². The van der Waals surface area contributed by atoms with Crippen molar-refractivity contribution in [3.8, 4) is 17.6 Å². The molecule has 1 amide bonds. The lowest BCUT2D eigenvalue weighted by molar-refractivity contribution is -0.117. The number of nitrogens with one attached hydrogen (secondary N) is 1. The van der Waals surface area contributed by atoms with Crippen molar-refractivity contribution in [1.82, 2.24) is 5.32 Å². The van der Waals surface area contributed by atoms with Gasteiger partial charge >= 0.3 is 0 Å². The lowest BCUT2D eigenvalue weighted by atomic mass is 10.1. The molecule has 0 saturated carbocycles. The largest absolute Gasteiger partial charge is 0.493 e. The molecule has 1 N–H and O–H groups in total. The summed E-state index contributed by atoms with van der Waals surface area (Å²) >= 11 is 0. The molecule has 0 aliphatic carbocycles. The number of hydrogen-bond acceptors (Lipinski definition) is 4. The maximum atomic E-state index is 12.0. The fraction of sp³-hybridized carbons (Fsp3) is 0.238. The van der Waals surface area contributed by atoms with Crippen LogP contribution >= 0.6 is 0 Å². The van der Waals surface area contributed by atoms with E-state index in [1.165, 1.54) is 6.08 Å². The molecule has 0 aliphatic rings. The number of rotatable bonds is 7. The van der Waals surface area contributed by atoms with E-state index in [0.29, 0.717) is 23.7 Å². The van der Waals surface area contributed by atoms with Crippen molar-refractivity contribution < 1.29 is 14.3 Å². The van der Waals surface area contributed by atoms with Crippen LogP contribution in [0.1, 0.15) is 25.0 Å². The van der Waals surface area contributed by atoms with Crippen LogP contribution in [0, 0.1) is 11.3 Å².